The number of benzene rings is 2. The minimum Gasteiger partial charge on any atom is -0.463 e. The van der Waals surface area contributed by atoms with E-state index in [1.165, 1.54) is 13.4 Å². The van der Waals surface area contributed by atoms with E-state index in [1.54, 1.807) is 6.07 Å². The quantitative estimate of drug-likeness (QED) is 0.715. The molecule has 0 saturated heterocycles. The van der Waals surface area contributed by atoms with Gasteiger partial charge in [0.2, 0.25) is 5.76 Å². The third-order valence-corrected chi connectivity index (χ3v) is 3.56. The molecule has 0 aliphatic heterocycles. The molecule has 4 nitrogen and oxygen atoms in total. The molecule has 0 radical (unpaired) electrons. The molecule has 2 aromatic carbocycles. The van der Waals surface area contributed by atoms with E-state index in [-0.39, 0.29) is 11.8 Å². The van der Waals surface area contributed by atoms with Crippen molar-refractivity contribution in [1.29, 1.82) is 0 Å². The summed E-state index contributed by atoms with van der Waals surface area (Å²) in [6, 6.07) is 21.8. The zero-order chi connectivity index (χ0) is 16.1. The molecule has 0 aliphatic carbocycles. The first kappa shape index (κ1) is 14.9. The van der Waals surface area contributed by atoms with E-state index in [0.29, 0.717) is 0 Å². The van der Waals surface area contributed by atoms with Crippen LogP contribution in [0.15, 0.2) is 77.4 Å². The van der Waals surface area contributed by atoms with Crippen molar-refractivity contribution in [2.75, 3.05) is 12.4 Å². The third-order valence-electron chi connectivity index (χ3n) is 3.56. The standard InChI is InChI=1S/C19H17NO3/c1-22-19(21)17-12-16(13-23-17)20-18(14-8-4-2-5-9-14)15-10-6-3-7-11-15/h2-13,18,20H,1H3. The lowest BCUT2D eigenvalue weighted by Gasteiger charge is -2.19. The van der Waals surface area contributed by atoms with Gasteiger partial charge in [-0.3, -0.25) is 0 Å². The molecule has 0 bridgehead atoms. The van der Waals surface area contributed by atoms with Crippen molar-refractivity contribution in [1.82, 2.24) is 0 Å². The van der Waals surface area contributed by atoms with Crippen molar-refractivity contribution in [2.45, 2.75) is 6.04 Å². The number of carbonyl (C=O) groups is 1. The maximum absolute atomic E-state index is 11.5. The Morgan fingerprint density at radius 3 is 2.09 bits per heavy atom. The Hall–Kier alpha value is -3.01. The number of esters is 1. The molecule has 0 unspecified atom stereocenters. The Balaban J connectivity index is 1.91. The van der Waals surface area contributed by atoms with Gasteiger partial charge in [0, 0.05) is 6.07 Å². The van der Waals surface area contributed by atoms with E-state index >= 15 is 0 Å². The monoisotopic (exact) mass is 307 g/mol. The average Bonchev–Trinajstić information content (AvgIpc) is 3.09. The van der Waals surface area contributed by atoms with Crippen molar-refractivity contribution in [2.24, 2.45) is 0 Å². The summed E-state index contributed by atoms with van der Waals surface area (Å²) in [7, 11) is 1.33. The molecule has 116 valence electrons. The zero-order valence-electron chi connectivity index (χ0n) is 12.7. The summed E-state index contributed by atoms with van der Waals surface area (Å²) in [4.78, 5) is 11.5. The van der Waals surface area contributed by atoms with Crippen LogP contribution in [0.1, 0.15) is 27.7 Å². The molecule has 4 heteroatoms. The molecular weight excluding hydrogens is 290 g/mol. The predicted molar refractivity (Wildman–Crippen MR) is 88.4 cm³/mol. The van der Waals surface area contributed by atoms with Gasteiger partial charge in [0.25, 0.3) is 0 Å². The fourth-order valence-corrected chi connectivity index (χ4v) is 2.44. The van der Waals surface area contributed by atoms with Crippen LogP contribution in [-0.2, 0) is 4.74 Å². The summed E-state index contributed by atoms with van der Waals surface area (Å²) in [6.07, 6.45) is 1.52. The second kappa shape index (κ2) is 6.83. The summed E-state index contributed by atoms with van der Waals surface area (Å²) < 4.78 is 9.92. The molecule has 0 fully saturated rings. The normalized spacial score (nSPS) is 10.5. The van der Waals surface area contributed by atoms with Crippen LogP contribution in [0.5, 0.6) is 0 Å². The van der Waals surface area contributed by atoms with Gasteiger partial charge in [-0.1, -0.05) is 60.7 Å². The van der Waals surface area contributed by atoms with Crippen molar-refractivity contribution in [3.8, 4) is 0 Å². The lowest BCUT2D eigenvalue weighted by Crippen LogP contribution is -2.11. The molecule has 3 rings (SSSR count). The second-order valence-electron chi connectivity index (χ2n) is 5.09. The molecule has 1 N–H and O–H groups in total. The van der Waals surface area contributed by atoms with Gasteiger partial charge >= 0.3 is 5.97 Å². The van der Waals surface area contributed by atoms with Crippen molar-refractivity contribution >= 4 is 11.7 Å². The van der Waals surface area contributed by atoms with Crippen LogP contribution in [0, 0.1) is 0 Å². The summed E-state index contributed by atoms with van der Waals surface area (Å²) in [6.45, 7) is 0. The number of rotatable bonds is 5. The van der Waals surface area contributed by atoms with Crippen molar-refractivity contribution in [3.05, 3.63) is 89.9 Å². The van der Waals surface area contributed by atoms with Crippen LogP contribution < -0.4 is 5.32 Å². The highest BCUT2D eigenvalue weighted by molar-refractivity contribution is 5.87. The molecule has 1 heterocycles. The van der Waals surface area contributed by atoms with Gasteiger partial charge in [-0.2, -0.15) is 0 Å². The van der Waals surface area contributed by atoms with Gasteiger partial charge in [-0.25, -0.2) is 4.79 Å². The van der Waals surface area contributed by atoms with Crippen molar-refractivity contribution in [3.63, 3.8) is 0 Å². The maximum atomic E-state index is 11.5. The summed E-state index contributed by atoms with van der Waals surface area (Å²) in [5.41, 5.74) is 2.97. The van der Waals surface area contributed by atoms with Crippen LogP contribution in [-0.4, -0.2) is 13.1 Å². The van der Waals surface area contributed by atoms with Gasteiger partial charge in [-0.05, 0) is 11.1 Å². The Labute approximate surface area is 134 Å². The summed E-state index contributed by atoms with van der Waals surface area (Å²) >= 11 is 0. The SMILES string of the molecule is COC(=O)c1cc(NC(c2ccccc2)c2ccccc2)co1. The summed E-state index contributed by atoms with van der Waals surface area (Å²) in [5.74, 6) is -0.316. The van der Waals surface area contributed by atoms with Crippen molar-refractivity contribution < 1.29 is 13.9 Å². The smallest absolute Gasteiger partial charge is 0.374 e. The first-order chi connectivity index (χ1) is 11.3. The first-order valence-electron chi connectivity index (χ1n) is 7.31. The highest BCUT2D eigenvalue weighted by Gasteiger charge is 2.17. The third kappa shape index (κ3) is 3.43. The van der Waals surface area contributed by atoms with E-state index in [4.69, 9.17) is 4.42 Å². The number of nitrogens with one attached hydrogen (secondary N) is 1. The lowest BCUT2D eigenvalue weighted by molar-refractivity contribution is 0.0565. The molecule has 0 saturated carbocycles. The van der Waals surface area contributed by atoms with Gasteiger partial charge in [-0.15, -0.1) is 0 Å². The van der Waals surface area contributed by atoms with E-state index in [9.17, 15) is 4.79 Å². The molecular formula is C19H17NO3. The lowest BCUT2D eigenvalue weighted by atomic mass is 9.98. The van der Waals surface area contributed by atoms with E-state index in [2.05, 4.69) is 34.3 Å². The number of methoxy groups -OCH3 is 1. The van der Waals surface area contributed by atoms with Gasteiger partial charge in [0.05, 0.1) is 18.8 Å². The van der Waals surface area contributed by atoms with Crippen LogP contribution in [0.2, 0.25) is 0 Å². The largest absolute Gasteiger partial charge is 0.463 e. The van der Waals surface area contributed by atoms with Gasteiger partial charge < -0.3 is 14.5 Å². The molecule has 3 aromatic rings. The minimum atomic E-state index is -0.492. The highest BCUT2D eigenvalue weighted by atomic mass is 16.5. The molecule has 0 spiro atoms. The highest BCUT2D eigenvalue weighted by Crippen LogP contribution is 2.27. The fourth-order valence-electron chi connectivity index (χ4n) is 2.44. The molecule has 0 atom stereocenters. The zero-order valence-corrected chi connectivity index (χ0v) is 12.7. The fraction of sp³-hybridized carbons (Fsp3) is 0.105. The van der Waals surface area contributed by atoms with Crippen LogP contribution in [0.3, 0.4) is 0 Å². The molecule has 0 aliphatic rings. The Morgan fingerprint density at radius 2 is 1.57 bits per heavy atom. The molecule has 0 amide bonds. The van der Waals surface area contributed by atoms with Crippen LogP contribution >= 0.6 is 0 Å². The first-order valence-corrected chi connectivity index (χ1v) is 7.31. The predicted octanol–water partition coefficient (Wildman–Crippen LogP) is 4.27. The maximum Gasteiger partial charge on any atom is 0.374 e. The number of anilines is 1. The number of carbonyl (C=O) groups excluding carboxylic acids is 1. The molecule has 23 heavy (non-hydrogen) atoms. The van der Waals surface area contributed by atoms with Gasteiger partial charge in [0.1, 0.15) is 6.26 Å². The number of furan rings is 1. The number of ether oxygens (including phenoxy) is 1. The number of hydrogen-bond acceptors (Lipinski definition) is 4. The van der Waals surface area contributed by atoms with Gasteiger partial charge in [0.15, 0.2) is 0 Å². The Morgan fingerprint density at radius 1 is 1.00 bits per heavy atom. The molecule has 1 aromatic heterocycles. The van der Waals surface area contributed by atoms with Crippen LogP contribution in [0.4, 0.5) is 5.69 Å². The minimum absolute atomic E-state index is 0.0412. The average molecular weight is 307 g/mol. The van der Waals surface area contributed by atoms with E-state index in [1.807, 2.05) is 36.4 Å². The van der Waals surface area contributed by atoms with Crippen LogP contribution in [0.25, 0.3) is 0 Å². The number of hydrogen-bond donors (Lipinski definition) is 1. The Kier molecular flexibility index (Phi) is 4.43. The Bertz CT molecular complexity index is 726. The second-order valence-corrected chi connectivity index (χ2v) is 5.09. The topological polar surface area (TPSA) is 51.5 Å². The summed E-state index contributed by atoms with van der Waals surface area (Å²) in [5, 5.41) is 3.41. The van der Waals surface area contributed by atoms with E-state index < -0.39 is 5.97 Å². The van der Waals surface area contributed by atoms with E-state index in [0.717, 1.165) is 16.8 Å².